The van der Waals surface area contributed by atoms with Crippen LogP contribution in [0.1, 0.15) is 5.69 Å². The number of aliphatic carboxylic acids is 1. The van der Waals surface area contributed by atoms with Gasteiger partial charge < -0.3 is 10.1 Å². The molecule has 124 valence electrons. The number of nitrogens with one attached hydrogen (secondary N) is 2. The second-order valence-electron chi connectivity index (χ2n) is 5.44. The number of carboxylic acid groups (broad SMARTS) is 1. The monoisotopic (exact) mass is 345 g/mol. The van der Waals surface area contributed by atoms with Gasteiger partial charge in [0.1, 0.15) is 5.65 Å². The number of sulfonamides is 1. The molecule has 24 heavy (non-hydrogen) atoms. The van der Waals surface area contributed by atoms with Gasteiger partial charge in [-0.05, 0) is 35.4 Å². The smallest absolute Gasteiger partial charge is 0.309 e. The fraction of sp³-hybridized carbons (Fsp3) is 0.125. The van der Waals surface area contributed by atoms with E-state index >= 15 is 0 Å². The molecule has 0 aliphatic heterocycles. The van der Waals surface area contributed by atoms with Crippen LogP contribution < -0.4 is 4.72 Å². The number of pyridine rings is 1. The minimum Gasteiger partial charge on any atom is -0.481 e. The van der Waals surface area contributed by atoms with Crippen molar-refractivity contribution >= 4 is 32.7 Å². The fourth-order valence-corrected chi connectivity index (χ4v) is 3.09. The van der Waals surface area contributed by atoms with Gasteiger partial charge in [-0.3, -0.25) is 9.52 Å². The van der Waals surface area contributed by atoms with Crippen molar-refractivity contribution in [3.8, 4) is 11.1 Å². The van der Waals surface area contributed by atoms with Gasteiger partial charge in [0, 0.05) is 23.0 Å². The zero-order chi connectivity index (χ0) is 17.3. The molecule has 0 aliphatic rings. The fourth-order valence-electron chi connectivity index (χ4n) is 2.52. The maximum atomic E-state index is 11.2. The van der Waals surface area contributed by atoms with Crippen molar-refractivity contribution in [3.63, 3.8) is 0 Å². The highest BCUT2D eigenvalue weighted by Crippen LogP contribution is 2.29. The van der Waals surface area contributed by atoms with Crippen molar-refractivity contribution in [1.82, 2.24) is 9.97 Å². The van der Waals surface area contributed by atoms with E-state index in [9.17, 15) is 13.2 Å². The quantitative estimate of drug-likeness (QED) is 0.656. The third kappa shape index (κ3) is 3.54. The minimum atomic E-state index is -3.32. The zero-order valence-electron chi connectivity index (χ0n) is 12.8. The molecule has 2 aromatic heterocycles. The first-order valence-corrected chi connectivity index (χ1v) is 8.97. The van der Waals surface area contributed by atoms with Crippen molar-refractivity contribution < 1.29 is 18.3 Å². The van der Waals surface area contributed by atoms with E-state index in [4.69, 9.17) is 5.11 Å². The average molecular weight is 345 g/mol. The third-order valence-corrected chi connectivity index (χ3v) is 4.03. The number of carbonyl (C=O) groups is 1. The number of aromatic amines is 1. The van der Waals surface area contributed by atoms with Crippen molar-refractivity contribution in [3.05, 3.63) is 48.3 Å². The second-order valence-corrected chi connectivity index (χ2v) is 7.19. The molecule has 3 aromatic rings. The van der Waals surface area contributed by atoms with Crippen LogP contribution in [-0.2, 0) is 21.2 Å². The summed E-state index contributed by atoms with van der Waals surface area (Å²) in [6.07, 6.45) is 2.63. The molecule has 0 aliphatic carbocycles. The Morgan fingerprint density at radius 3 is 2.58 bits per heavy atom. The van der Waals surface area contributed by atoms with Crippen LogP contribution in [0.25, 0.3) is 22.2 Å². The van der Waals surface area contributed by atoms with Gasteiger partial charge in [0.25, 0.3) is 0 Å². The number of aromatic nitrogens is 2. The van der Waals surface area contributed by atoms with Crippen molar-refractivity contribution in [2.24, 2.45) is 0 Å². The predicted molar refractivity (Wildman–Crippen MR) is 91.3 cm³/mol. The molecule has 0 bridgehead atoms. The highest BCUT2D eigenvalue weighted by Gasteiger charge is 2.11. The number of nitrogens with zero attached hydrogens (tertiary/aromatic N) is 1. The molecule has 0 saturated carbocycles. The molecule has 7 nitrogen and oxygen atoms in total. The predicted octanol–water partition coefficient (Wildman–Crippen LogP) is 2.23. The Hall–Kier alpha value is -2.87. The molecular formula is C16H15N3O4S. The summed E-state index contributed by atoms with van der Waals surface area (Å²) in [6.45, 7) is 0. The van der Waals surface area contributed by atoms with Crippen LogP contribution in [-0.4, -0.2) is 35.7 Å². The summed E-state index contributed by atoms with van der Waals surface area (Å²) in [7, 11) is -3.32. The van der Waals surface area contributed by atoms with Crippen LogP contribution in [0, 0.1) is 0 Å². The van der Waals surface area contributed by atoms with Crippen LogP contribution >= 0.6 is 0 Å². The van der Waals surface area contributed by atoms with Crippen LogP contribution in [0.5, 0.6) is 0 Å². The highest BCUT2D eigenvalue weighted by molar-refractivity contribution is 7.92. The molecule has 3 N–H and O–H groups in total. The summed E-state index contributed by atoms with van der Waals surface area (Å²) in [4.78, 5) is 18.1. The summed E-state index contributed by atoms with van der Waals surface area (Å²) in [5.74, 6) is -0.917. The van der Waals surface area contributed by atoms with Gasteiger partial charge in [-0.1, -0.05) is 12.1 Å². The number of carboxylic acids is 1. The zero-order valence-corrected chi connectivity index (χ0v) is 13.6. The van der Waals surface area contributed by atoms with E-state index < -0.39 is 16.0 Å². The lowest BCUT2D eigenvalue weighted by atomic mass is 10.0. The van der Waals surface area contributed by atoms with E-state index in [0.717, 1.165) is 22.8 Å². The molecule has 0 radical (unpaired) electrons. The minimum absolute atomic E-state index is 0.104. The van der Waals surface area contributed by atoms with Gasteiger partial charge >= 0.3 is 5.97 Å². The van der Waals surface area contributed by atoms with E-state index in [0.29, 0.717) is 17.0 Å². The van der Waals surface area contributed by atoms with E-state index in [1.165, 1.54) is 0 Å². The number of fused-ring (bicyclic) bond motifs is 1. The molecule has 1 aromatic carbocycles. The number of hydrogen-bond acceptors (Lipinski definition) is 4. The van der Waals surface area contributed by atoms with Crippen molar-refractivity contribution in [2.75, 3.05) is 11.0 Å². The molecule has 0 spiro atoms. The number of benzene rings is 1. The van der Waals surface area contributed by atoms with Crippen LogP contribution in [0.2, 0.25) is 0 Å². The Kier molecular flexibility index (Phi) is 3.98. The normalized spacial score (nSPS) is 11.5. The Labute approximate surface area is 138 Å². The lowest BCUT2D eigenvalue weighted by Gasteiger charge is -2.06. The first-order chi connectivity index (χ1) is 11.3. The summed E-state index contributed by atoms with van der Waals surface area (Å²) >= 11 is 0. The number of hydrogen-bond donors (Lipinski definition) is 3. The third-order valence-electron chi connectivity index (χ3n) is 3.43. The molecule has 0 atom stereocenters. The lowest BCUT2D eigenvalue weighted by molar-refractivity contribution is -0.136. The van der Waals surface area contributed by atoms with Crippen LogP contribution in [0.3, 0.4) is 0 Å². The largest absolute Gasteiger partial charge is 0.481 e. The lowest BCUT2D eigenvalue weighted by Crippen LogP contribution is -2.09. The molecule has 0 amide bonds. The Bertz CT molecular complexity index is 1010. The SMILES string of the molecule is CS(=O)(=O)Nc1ccc(-c2ccnc3[nH]c(CC(=O)O)cc23)cc1. The maximum Gasteiger partial charge on any atom is 0.309 e. The van der Waals surface area contributed by atoms with Gasteiger partial charge in [0.2, 0.25) is 10.0 Å². The standard InChI is InChI=1S/C16H15N3O4S/c1-24(22,23)19-11-4-2-10(3-5-11)13-6-7-17-16-14(13)8-12(18-16)9-15(20)21/h2-8,19H,9H2,1H3,(H,17,18)(H,20,21). The first-order valence-electron chi connectivity index (χ1n) is 7.08. The Morgan fingerprint density at radius 2 is 1.96 bits per heavy atom. The van der Waals surface area contributed by atoms with Gasteiger partial charge in [-0.15, -0.1) is 0 Å². The van der Waals surface area contributed by atoms with Gasteiger partial charge in [0.05, 0.1) is 12.7 Å². The topological polar surface area (TPSA) is 112 Å². The van der Waals surface area contributed by atoms with Crippen LogP contribution in [0.15, 0.2) is 42.6 Å². The Morgan fingerprint density at radius 1 is 1.25 bits per heavy atom. The second kappa shape index (κ2) is 5.97. The summed E-state index contributed by atoms with van der Waals surface area (Å²) < 4.78 is 24.9. The van der Waals surface area contributed by atoms with E-state index in [1.807, 2.05) is 6.07 Å². The summed E-state index contributed by atoms with van der Waals surface area (Å²) in [5, 5.41) is 9.72. The van der Waals surface area contributed by atoms with E-state index in [-0.39, 0.29) is 6.42 Å². The molecule has 0 saturated heterocycles. The molecular weight excluding hydrogens is 330 g/mol. The maximum absolute atomic E-state index is 11.2. The first kappa shape index (κ1) is 16.0. The van der Waals surface area contributed by atoms with Crippen molar-refractivity contribution in [2.45, 2.75) is 6.42 Å². The van der Waals surface area contributed by atoms with Gasteiger partial charge in [0.15, 0.2) is 0 Å². The Balaban J connectivity index is 1.99. The van der Waals surface area contributed by atoms with E-state index in [2.05, 4.69) is 14.7 Å². The van der Waals surface area contributed by atoms with Gasteiger partial charge in [-0.25, -0.2) is 13.4 Å². The molecule has 3 rings (SSSR count). The van der Waals surface area contributed by atoms with Crippen molar-refractivity contribution in [1.29, 1.82) is 0 Å². The summed E-state index contributed by atoms with van der Waals surface area (Å²) in [5.41, 5.74) is 3.43. The number of anilines is 1. The molecule has 2 heterocycles. The number of rotatable bonds is 5. The number of H-pyrrole nitrogens is 1. The molecule has 0 unspecified atom stereocenters. The summed E-state index contributed by atoms with van der Waals surface area (Å²) in [6, 6.07) is 10.5. The average Bonchev–Trinajstić information content (AvgIpc) is 2.87. The highest BCUT2D eigenvalue weighted by atomic mass is 32.2. The van der Waals surface area contributed by atoms with Gasteiger partial charge in [-0.2, -0.15) is 0 Å². The van der Waals surface area contributed by atoms with E-state index in [1.54, 1.807) is 36.5 Å². The van der Waals surface area contributed by atoms with Crippen LogP contribution in [0.4, 0.5) is 5.69 Å². The molecule has 8 heteroatoms. The molecule has 0 fully saturated rings.